The van der Waals surface area contributed by atoms with Crippen LogP contribution in [0.25, 0.3) is 0 Å². The van der Waals surface area contributed by atoms with Gasteiger partial charge in [-0.25, -0.2) is 4.98 Å². The van der Waals surface area contributed by atoms with Crippen molar-refractivity contribution in [3.05, 3.63) is 71.4 Å². The Morgan fingerprint density at radius 3 is 1.92 bits per heavy atom. The summed E-state index contributed by atoms with van der Waals surface area (Å²) in [6.45, 7) is 7.38. The zero-order valence-corrected chi connectivity index (χ0v) is 22.9. The van der Waals surface area contributed by atoms with Crippen molar-refractivity contribution in [2.75, 3.05) is 36.7 Å². The highest BCUT2D eigenvalue weighted by atomic mass is 16.5. The van der Waals surface area contributed by atoms with Crippen LogP contribution in [0.4, 0.5) is 17.2 Å². The molecule has 1 aromatic heterocycles. The maximum atomic E-state index is 10.3. The second-order valence-electron chi connectivity index (χ2n) is 10.1. The topological polar surface area (TPSA) is 92.9 Å². The molecule has 0 spiro atoms. The molecule has 4 N–H and O–H groups in total. The van der Waals surface area contributed by atoms with Crippen molar-refractivity contribution in [3.8, 4) is 11.5 Å². The number of aromatic nitrogens is 1. The van der Waals surface area contributed by atoms with E-state index in [2.05, 4.69) is 41.4 Å². The third-order valence-electron chi connectivity index (χ3n) is 6.20. The lowest BCUT2D eigenvalue weighted by molar-refractivity contribution is 0.0945. The number of methoxy groups -OCH3 is 2. The molecule has 0 saturated carbocycles. The Morgan fingerprint density at radius 2 is 1.46 bits per heavy atom. The molecule has 0 radical (unpaired) electrons. The van der Waals surface area contributed by atoms with Gasteiger partial charge in [-0.15, -0.1) is 0 Å². The van der Waals surface area contributed by atoms with E-state index in [0.29, 0.717) is 25.3 Å². The number of nitrogens with two attached hydrogens (primary N) is 1. The SMILES string of the molecule is CCCCCc1cc(NCC(C)(C)O)c(N)c(N(Cc2ccc(OC)cc2)Cc2ccc(OC)cc2)n1. The number of pyridine rings is 1. The van der Waals surface area contributed by atoms with Crippen molar-refractivity contribution < 1.29 is 14.6 Å². The Bertz CT molecular complexity index is 1060. The minimum Gasteiger partial charge on any atom is -0.497 e. The number of nitrogens with one attached hydrogen (secondary N) is 1. The molecular formula is C30H42N4O3. The Labute approximate surface area is 221 Å². The van der Waals surface area contributed by atoms with Gasteiger partial charge in [-0.1, -0.05) is 44.0 Å². The first kappa shape index (κ1) is 28.1. The standard InChI is InChI=1S/C30H42N4O3/c1-6-7-8-9-24-18-27(32-21-30(2,3)35)28(31)29(33-24)34(19-22-10-14-25(36-4)15-11-22)20-23-12-16-26(37-5)17-13-23/h10-18,35H,6-9,19-21,31H2,1-5H3,(H,32,33). The van der Waals surface area contributed by atoms with Crippen LogP contribution in [-0.4, -0.2) is 36.5 Å². The summed E-state index contributed by atoms with van der Waals surface area (Å²) in [5.74, 6) is 2.37. The quantitative estimate of drug-likeness (QED) is 0.238. The molecule has 7 heteroatoms. The number of hydrogen-bond acceptors (Lipinski definition) is 7. The second-order valence-corrected chi connectivity index (χ2v) is 10.1. The molecule has 0 fully saturated rings. The fourth-order valence-corrected chi connectivity index (χ4v) is 4.08. The van der Waals surface area contributed by atoms with E-state index >= 15 is 0 Å². The van der Waals surface area contributed by atoms with E-state index in [9.17, 15) is 5.11 Å². The maximum absolute atomic E-state index is 10.3. The number of aryl methyl sites for hydroxylation is 1. The lowest BCUT2D eigenvalue weighted by Crippen LogP contribution is -2.30. The lowest BCUT2D eigenvalue weighted by Gasteiger charge is -2.28. The first-order chi connectivity index (χ1) is 17.7. The highest BCUT2D eigenvalue weighted by molar-refractivity contribution is 5.79. The summed E-state index contributed by atoms with van der Waals surface area (Å²) in [5, 5.41) is 13.7. The van der Waals surface area contributed by atoms with Crippen LogP contribution in [0.5, 0.6) is 11.5 Å². The molecule has 200 valence electrons. The number of nitrogens with zero attached hydrogens (tertiary/aromatic N) is 2. The summed E-state index contributed by atoms with van der Waals surface area (Å²) in [7, 11) is 3.34. The summed E-state index contributed by atoms with van der Waals surface area (Å²) in [6, 6.07) is 18.2. The monoisotopic (exact) mass is 506 g/mol. The van der Waals surface area contributed by atoms with Gasteiger partial charge >= 0.3 is 0 Å². The first-order valence-corrected chi connectivity index (χ1v) is 13.0. The predicted octanol–water partition coefficient (Wildman–Crippen LogP) is 5.80. The minimum atomic E-state index is -0.871. The summed E-state index contributed by atoms with van der Waals surface area (Å²) in [6.07, 6.45) is 4.23. The van der Waals surface area contributed by atoms with Gasteiger partial charge in [0.1, 0.15) is 11.5 Å². The molecule has 0 atom stereocenters. The molecule has 0 unspecified atom stereocenters. The number of benzene rings is 2. The molecule has 0 aliphatic heterocycles. The van der Waals surface area contributed by atoms with Gasteiger partial charge in [-0.05, 0) is 68.1 Å². The molecule has 0 aliphatic rings. The molecule has 3 aromatic rings. The highest BCUT2D eigenvalue weighted by Crippen LogP contribution is 2.33. The van der Waals surface area contributed by atoms with Crippen LogP contribution in [-0.2, 0) is 19.5 Å². The zero-order valence-electron chi connectivity index (χ0n) is 22.9. The van der Waals surface area contributed by atoms with E-state index in [1.54, 1.807) is 28.1 Å². The Hall–Kier alpha value is -3.45. The van der Waals surface area contributed by atoms with E-state index < -0.39 is 5.60 Å². The summed E-state index contributed by atoms with van der Waals surface area (Å²) in [5.41, 5.74) is 10.5. The van der Waals surface area contributed by atoms with Crippen molar-refractivity contribution in [3.63, 3.8) is 0 Å². The first-order valence-electron chi connectivity index (χ1n) is 13.0. The largest absolute Gasteiger partial charge is 0.497 e. The Morgan fingerprint density at radius 1 is 0.919 bits per heavy atom. The van der Waals surface area contributed by atoms with Gasteiger partial charge in [0, 0.05) is 25.3 Å². The molecule has 3 rings (SSSR count). The number of anilines is 3. The molecule has 0 amide bonds. The van der Waals surface area contributed by atoms with Gasteiger partial charge in [0.2, 0.25) is 0 Å². The number of unbranched alkanes of at least 4 members (excludes halogenated alkanes) is 2. The van der Waals surface area contributed by atoms with Gasteiger partial charge in [-0.2, -0.15) is 0 Å². The van der Waals surface area contributed by atoms with E-state index in [1.807, 2.05) is 30.3 Å². The van der Waals surface area contributed by atoms with Crippen LogP contribution in [0.15, 0.2) is 54.6 Å². The minimum absolute atomic E-state index is 0.381. The number of rotatable bonds is 14. The molecule has 37 heavy (non-hydrogen) atoms. The molecule has 0 saturated heterocycles. The molecule has 2 aromatic carbocycles. The van der Waals surface area contributed by atoms with Crippen LogP contribution in [0.2, 0.25) is 0 Å². The van der Waals surface area contributed by atoms with Gasteiger partial charge in [0.25, 0.3) is 0 Å². The van der Waals surface area contributed by atoms with E-state index in [-0.39, 0.29) is 0 Å². The smallest absolute Gasteiger partial charge is 0.154 e. The van der Waals surface area contributed by atoms with Crippen molar-refractivity contribution in [1.82, 2.24) is 4.98 Å². The van der Waals surface area contributed by atoms with Crippen molar-refractivity contribution in [2.24, 2.45) is 0 Å². The summed E-state index contributed by atoms with van der Waals surface area (Å²) in [4.78, 5) is 7.26. The highest BCUT2D eigenvalue weighted by Gasteiger charge is 2.20. The fourth-order valence-electron chi connectivity index (χ4n) is 4.08. The van der Waals surface area contributed by atoms with Crippen LogP contribution >= 0.6 is 0 Å². The van der Waals surface area contributed by atoms with Crippen LogP contribution in [0, 0.1) is 0 Å². The van der Waals surface area contributed by atoms with Gasteiger partial charge < -0.3 is 30.5 Å². The zero-order chi connectivity index (χ0) is 26.8. The fraction of sp³-hybridized carbons (Fsp3) is 0.433. The van der Waals surface area contributed by atoms with Crippen LogP contribution in [0.3, 0.4) is 0 Å². The van der Waals surface area contributed by atoms with E-state index in [1.165, 1.54) is 0 Å². The Kier molecular flexibility index (Phi) is 10.0. The normalized spacial score (nSPS) is 11.3. The average molecular weight is 507 g/mol. The maximum Gasteiger partial charge on any atom is 0.154 e. The van der Waals surface area contributed by atoms with Crippen molar-refractivity contribution in [1.29, 1.82) is 0 Å². The summed E-state index contributed by atoms with van der Waals surface area (Å²) >= 11 is 0. The Balaban J connectivity index is 2.02. The van der Waals surface area contributed by atoms with Crippen molar-refractivity contribution in [2.45, 2.75) is 65.1 Å². The van der Waals surface area contributed by atoms with E-state index in [0.717, 1.165) is 65.5 Å². The van der Waals surface area contributed by atoms with Gasteiger partial charge in [-0.3, -0.25) is 0 Å². The van der Waals surface area contributed by atoms with Crippen LogP contribution in [0.1, 0.15) is 56.9 Å². The summed E-state index contributed by atoms with van der Waals surface area (Å²) < 4.78 is 10.7. The number of ether oxygens (including phenoxy) is 2. The van der Waals surface area contributed by atoms with E-state index in [4.69, 9.17) is 20.2 Å². The molecular weight excluding hydrogens is 464 g/mol. The van der Waals surface area contributed by atoms with Gasteiger partial charge in [0.05, 0.1) is 31.2 Å². The third kappa shape index (κ3) is 8.57. The number of nitrogen functional groups attached to an aromatic ring is 1. The molecule has 7 nitrogen and oxygen atoms in total. The van der Waals surface area contributed by atoms with Crippen molar-refractivity contribution >= 4 is 17.2 Å². The lowest BCUT2D eigenvalue weighted by atomic mass is 10.1. The predicted molar refractivity (Wildman–Crippen MR) is 153 cm³/mol. The molecule has 0 aliphatic carbocycles. The van der Waals surface area contributed by atoms with Crippen LogP contribution < -0.4 is 25.4 Å². The molecule has 1 heterocycles. The number of aliphatic hydroxyl groups is 1. The second kappa shape index (κ2) is 13.2. The number of hydrogen-bond donors (Lipinski definition) is 3. The average Bonchev–Trinajstić information content (AvgIpc) is 2.89. The molecule has 0 bridgehead atoms. The third-order valence-corrected chi connectivity index (χ3v) is 6.20. The van der Waals surface area contributed by atoms with Gasteiger partial charge in [0.15, 0.2) is 5.82 Å².